The number of rotatable bonds is 3. The van der Waals surface area contributed by atoms with Gasteiger partial charge >= 0.3 is 0 Å². The Hall–Kier alpha value is -1.54. The molecule has 0 radical (unpaired) electrons. The Morgan fingerprint density at radius 3 is 2.71 bits per heavy atom. The van der Waals surface area contributed by atoms with Gasteiger partial charge in [-0.1, -0.05) is 23.7 Å². The van der Waals surface area contributed by atoms with Gasteiger partial charge in [0.2, 0.25) is 0 Å². The van der Waals surface area contributed by atoms with Crippen LogP contribution in [0.5, 0.6) is 5.75 Å². The molecule has 0 unspecified atom stereocenters. The Bertz CT molecular complexity index is 525. The van der Waals surface area contributed by atoms with E-state index in [4.69, 9.17) is 16.3 Å². The number of hydrogen-bond donors (Lipinski definition) is 0. The van der Waals surface area contributed by atoms with Crippen LogP contribution in [0, 0.1) is 13.8 Å². The van der Waals surface area contributed by atoms with Crippen molar-refractivity contribution in [1.82, 2.24) is 4.98 Å². The van der Waals surface area contributed by atoms with Gasteiger partial charge in [-0.3, -0.25) is 4.98 Å². The number of aryl methyl sites for hydroxylation is 2. The van der Waals surface area contributed by atoms with Crippen molar-refractivity contribution in [3.8, 4) is 5.75 Å². The van der Waals surface area contributed by atoms with E-state index in [1.54, 1.807) is 0 Å². The standard InChI is InChI=1S/C14H14ClNO/c1-10-6-7-14(13(15)8-10)17-9-12-5-3-4-11(2)16-12/h3-8H,9H2,1-2H3. The van der Waals surface area contributed by atoms with E-state index >= 15 is 0 Å². The minimum absolute atomic E-state index is 0.435. The van der Waals surface area contributed by atoms with Crippen LogP contribution in [0.1, 0.15) is 17.0 Å². The fraction of sp³-hybridized carbons (Fsp3) is 0.214. The molecule has 0 N–H and O–H groups in total. The molecule has 3 heteroatoms. The largest absolute Gasteiger partial charge is 0.486 e. The van der Waals surface area contributed by atoms with Crippen molar-refractivity contribution in [2.75, 3.05) is 0 Å². The molecule has 1 aromatic carbocycles. The van der Waals surface area contributed by atoms with E-state index in [1.165, 1.54) is 0 Å². The highest BCUT2D eigenvalue weighted by molar-refractivity contribution is 6.32. The molecule has 2 aromatic rings. The van der Waals surface area contributed by atoms with E-state index in [0.717, 1.165) is 17.0 Å². The zero-order valence-corrected chi connectivity index (χ0v) is 10.7. The van der Waals surface area contributed by atoms with E-state index in [-0.39, 0.29) is 0 Å². The minimum atomic E-state index is 0.435. The second kappa shape index (κ2) is 5.19. The lowest BCUT2D eigenvalue weighted by Crippen LogP contribution is -1.99. The summed E-state index contributed by atoms with van der Waals surface area (Å²) in [6.45, 7) is 4.39. The third kappa shape index (κ3) is 3.21. The summed E-state index contributed by atoms with van der Waals surface area (Å²) < 4.78 is 5.64. The van der Waals surface area contributed by atoms with Gasteiger partial charge in [-0.15, -0.1) is 0 Å². The Balaban J connectivity index is 2.07. The third-order valence-corrected chi connectivity index (χ3v) is 2.70. The average molecular weight is 248 g/mol. The van der Waals surface area contributed by atoms with Crippen LogP contribution in [0.3, 0.4) is 0 Å². The summed E-state index contributed by atoms with van der Waals surface area (Å²) >= 11 is 6.08. The van der Waals surface area contributed by atoms with E-state index in [0.29, 0.717) is 17.4 Å². The Kier molecular flexibility index (Phi) is 3.64. The van der Waals surface area contributed by atoms with Crippen LogP contribution in [0.2, 0.25) is 5.02 Å². The third-order valence-electron chi connectivity index (χ3n) is 2.41. The Morgan fingerprint density at radius 2 is 2.00 bits per heavy atom. The lowest BCUT2D eigenvalue weighted by molar-refractivity contribution is 0.301. The first-order chi connectivity index (χ1) is 8.15. The molecule has 0 saturated heterocycles. The summed E-state index contributed by atoms with van der Waals surface area (Å²) in [4.78, 5) is 4.37. The topological polar surface area (TPSA) is 22.1 Å². The first-order valence-corrected chi connectivity index (χ1v) is 5.84. The lowest BCUT2D eigenvalue weighted by Gasteiger charge is -2.08. The van der Waals surface area contributed by atoms with Crippen molar-refractivity contribution in [1.29, 1.82) is 0 Å². The molecule has 0 aliphatic heterocycles. The maximum atomic E-state index is 6.08. The maximum Gasteiger partial charge on any atom is 0.138 e. The van der Waals surface area contributed by atoms with E-state index in [2.05, 4.69) is 4.98 Å². The molecular formula is C14H14ClNO. The number of nitrogens with zero attached hydrogens (tertiary/aromatic N) is 1. The van der Waals surface area contributed by atoms with Crippen LogP contribution in [0.15, 0.2) is 36.4 Å². The molecule has 0 bridgehead atoms. The van der Waals surface area contributed by atoms with Crippen LogP contribution < -0.4 is 4.74 Å². The first-order valence-electron chi connectivity index (χ1n) is 5.46. The Morgan fingerprint density at radius 1 is 1.18 bits per heavy atom. The highest BCUT2D eigenvalue weighted by Crippen LogP contribution is 2.25. The summed E-state index contributed by atoms with van der Waals surface area (Å²) in [6, 6.07) is 11.6. The van der Waals surface area contributed by atoms with Gasteiger partial charge in [-0.2, -0.15) is 0 Å². The molecule has 0 aliphatic rings. The second-order valence-electron chi connectivity index (χ2n) is 3.99. The average Bonchev–Trinajstić information content (AvgIpc) is 2.28. The number of hydrogen-bond acceptors (Lipinski definition) is 2. The smallest absolute Gasteiger partial charge is 0.138 e. The highest BCUT2D eigenvalue weighted by atomic mass is 35.5. The molecule has 2 nitrogen and oxygen atoms in total. The van der Waals surface area contributed by atoms with Gasteiger partial charge in [0.25, 0.3) is 0 Å². The van der Waals surface area contributed by atoms with Gasteiger partial charge in [0, 0.05) is 5.69 Å². The van der Waals surface area contributed by atoms with Gasteiger partial charge in [-0.25, -0.2) is 0 Å². The molecule has 0 aliphatic carbocycles. The summed E-state index contributed by atoms with van der Waals surface area (Å²) in [7, 11) is 0. The molecule has 1 aromatic heterocycles. The van der Waals surface area contributed by atoms with Crippen LogP contribution in [-0.4, -0.2) is 4.98 Å². The predicted molar refractivity (Wildman–Crippen MR) is 69.5 cm³/mol. The fourth-order valence-electron chi connectivity index (χ4n) is 1.55. The maximum absolute atomic E-state index is 6.08. The van der Waals surface area contributed by atoms with Crippen LogP contribution in [0.25, 0.3) is 0 Å². The van der Waals surface area contributed by atoms with Gasteiger partial charge in [0.15, 0.2) is 0 Å². The molecule has 17 heavy (non-hydrogen) atoms. The molecule has 2 rings (SSSR count). The van der Waals surface area contributed by atoms with Gasteiger partial charge in [0.05, 0.1) is 10.7 Å². The lowest BCUT2D eigenvalue weighted by atomic mass is 10.2. The van der Waals surface area contributed by atoms with Crippen LogP contribution >= 0.6 is 11.6 Å². The minimum Gasteiger partial charge on any atom is -0.486 e. The van der Waals surface area contributed by atoms with E-state index < -0.39 is 0 Å². The number of halogens is 1. The number of benzene rings is 1. The first kappa shape index (κ1) is 11.9. The van der Waals surface area contributed by atoms with E-state index in [1.807, 2.05) is 50.2 Å². The summed E-state index contributed by atoms with van der Waals surface area (Å²) in [5.41, 5.74) is 3.01. The van der Waals surface area contributed by atoms with Crippen LogP contribution in [0.4, 0.5) is 0 Å². The highest BCUT2D eigenvalue weighted by Gasteiger charge is 2.02. The summed E-state index contributed by atoms with van der Waals surface area (Å²) in [6.07, 6.45) is 0. The zero-order chi connectivity index (χ0) is 12.3. The quantitative estimate of drug-likeness (QED) is 0.820. The van der Waals surface area contributed by atoms with Crippen molar-refractivity contribution < 1.29 is 4.74 Å². The fourth-order valence-corrected chi connectivity index (χ4v) is 1.84. The molecule has 0 saturated carbocycles. The second-order valence-corrected chi connectivity index (χ2v) is 4.40. The molecule has 0 amide bonds. The van der Waals surface area contributed by atoms with Crippen molar-refractivity contribution in [2.45, 2.75) is 20.5 Å². The van der Waals surface area contributed by atoms with Crippen LogP contribution in [-0.2, 0) is 6.61 Å². The SMILES string of the molecule is Cc1ccc(OCc2cccc(C)n2)c(Cl)c1. The van der Waals surface area contributed by atoms with Gasteiger partial charge in [0.1, 0.15) is 12.4 Å². The van der Waals surface area contributed by atoms with E-state index in [9.17, 15) is 0 Å². The summed E-state index contributed by atoms with van der Waals surface area (Å²) in [5.74, 6) is 0.695. The number of aromatic nitrogens is 1. The summed E-state index contributed by atoms with van der Waals surface area (Å²) in [5, 5.41) is 0.637. The van der Waals surface area contributed by atoms with Gasteiger partial charge in [-0.05, 0) is 43.7 Å². The molecule has 0 fully saturated rings. The monoisotopic (exact) mass is 247 g/mol. The normalized spacial score (nSPS) is 10.3. The molecule has 0 atom stereocenters. The van der Waals surface area contributed by atoms with Crippen molar-refractivity contribution in [2.24, 2.45) is 0 Å². The number of ether oxygens (including phenoxy) is 1. The van der Waals surface area contributed by atoms with Crippen molar-refractivity contribution >= 4 is 11.6 Å². The molecule has 0 spiro atoms. The Labute approximate surface area is 106 Å². The molecule has 88 valence electrons. The van der Waals surface area contributed by atoms with Gasteiger partial charge < -0.3 is 4.74 Å². The van der Waals surface area contributed by atoms with Crippen molar-refractivity contribution in [3.63, 3.8) is 0 Å². The predicted octanol–water partition coefficient (Wildman–Crippen LogP) is 3.93. The van der Waals surface area contributed by atoms with Crippen molar-refractivity contribution in [3.05, 3.63) is 58.4 Å². The number of pyridine rings is 1. The zero-order valence-electron chi connectivity index (χ0n) is 9.90. The molecular weight excluding hydrogens is 234 g/mol. The molecule has 1 heterocycles.